The monoisotopic (exact) mass is 136 g/mol. The van der Waals surface area contributed by atoms with Gasteiger partial charge in [-0.15, -0.1) is 0 Å². The minimum atomic E-state index is 1.24. The molecule has 10 heavy (non-hydrogen) atoms. The van der Waals surface area contributed by atoms with E-state index in [0.29, 0.717) is 0 Å². The van der Waals surface area contributed by atoms with E-state index in [1.807, 2.05) is 0 Å². The lowest BCUT2D eigenvalue weighted by Crippen LogP contribution is -1.96. The maximum atomic E-state index is 2.27. The summed E-state index contributed by atoms with van der Waals surface area (Å²) < 4.78 is 0. The van der Waals surface area contributed by atoms with Crippen molar-refractivity contribution in [2.75, 3.05) is 0 Å². The van der Waals surface area contributed by atoms with Crippen molar-refractivity contribution in [3.63, 3.8) is 0 Å². The van der Waals surface area contributed by atoms with E-state index in [0.717, 1.165) is 0 Å². The second-order valence-electron chi connectivity index (χ2n) is 2.92. The quantitative estimate of drug-likeness (QED) is 0.447. The Kier molecular flexibility index (Phi) is 2.73. The maximum absolute atomic E-state index is 2.27. The summed E-state index contributed by atoms with van der Waals surface area (Å²) in [5.74, 6) is 0. The standard InChI is InChI=1S/C10H16/c1-3-9-6-5-7-10(4-2)8-9/h3-4H,5-8H2,1-2H3. The molecule has 0 unspecified atom stereocenters. The van der Waals surface area contributed by atoms with Crippen LogP contribution in [0.25, 0.3) is 0 Å². The third kappa shape index (κ3) is 1.73. The molecule has 0 amide bonds. The van der Waals surface area contributed by atoms with Crippen LogP contribution in [0.3, 0.4) is 0 Å². The van der Waals surface area contributed by atoms with Gasteiger partial charge in [0.25, 0.3) is 0 Å². The molecule has 0 saturated heterocycles. The van der Waals surface area contributed by atoms with E-state index >= 15 is 0 Å². The highest BCUT2D eigenvalue weighted by molar-refractivity contribution is 5.18. The Morgan fingerprint density at radius 3 is 1.90 bits per heavy atom. The van der Waals surface area contributed by atoms with Gasteiger partial charge in [-0.05, 0) is 39.5 Å². The fourth-order valence-electron chi connectivity index (χ4n) is 1.50. The molecule has 1 aliphatic carbocycles. The highest BCUT2D eigenvalue weighted by Gasteiger charge is 2.07. The van der Waals surface area contributed by atoms with Crippen LogP contribution in [-0.2, 0) is 0 Å². The van der Waals surface area contributed by atoms with Crippen molar-refractivity contribution in [3.8, 4) is 0 Å². The van der Waals surface area contributed by atoms with E-state index in [4.69, 9.17) is 0 Å². The van der Waals surface area contributed by atoms with Crippen LogP contribution in [0.15, 0.2) is 23.3 Å². The zero-order valence-electron chi connectivity index (χ0n) is 6.98. The normalized spacial score (nSPS) is 27.8. The van der Waals surface area contributed by atoms with Gasteiger partial charge in [-0.25, -0.2) is 0 Å². The molecule has 0 aromatic heterocycles. The number of hydrogen-bond donors (Lipinski definition) is 0. The van der Waals surface area contributed by atoms with Crippen molar-refractivity contribution in [2.45, 2.75) is 39.5 Å². The van der Waals surface area contributed by atoms with Crippen LogP contribution in [-0.4, -0.2) is 0 Å². The van der Waals surface area contributed by atoms with Crippen molar-refractivity contribution < 1.29 is 0 Å². The van der Waals surface area contributed by atoms with Crippen LogP contribution in [0.2, 0.25) is 0 Å². The molecule has 0 atom stereocenters. The molecule has 0 aliphatic heterocycles. The molecule has 0 spiro atoms. The first-order valence-electron chi connectivity index (χ1n) is 4.15. The van der Waals surface area contributed by atoms with Gasteiger partial charge in [0.1, 0.15) is 0 Å². The Morgan fingerprint density at radius 2 is 1.50 bits per heavy atom. The summed E-state index contributed by atoms with van der Waals surface area (Å²) in [7, 11) is 0. The van der Waals surface area contributed by atoms with E-state index in [1.165, 1.54) is 25.7 Å². The van der Waals surface area contributed by atoms with Gasteiger partial charge in [0, 0.05) is 0 Å². The Bertz CT molecular complexity index is 143. The average molecular weight is 136 g/mol. The molecule has 0 aromatic carbocycles. The van der Waals surface area contributed by atoms with Crippen LogP contribution < -0.4 is 0 Å². The molecule has 0 N–H and O–H groups in total. The lowest BCUT2D eigenvalue weighted by Gasteiger charge is -2.16. The lowest BCUT2D eigenvalue weighted by atomic mass is 9.90. The fourth-order valence-corrected chi connectivity index (χ4v) is 1.50. The summed E-state index contributed by atoms with van der Waals surface area (Å²) in [5, 5.41) is 0. The zero-order chi connectivity index (χ0) is 7.40. The summed E-state index contributed by atoms with van der Waals surface area (Å²) in [5.41, 5.74) is 3.25. The molecule has 0 heterocycles. The van der Waals surface area contributed by atoms with Gasteiger partial charge in [0.2, 0.25) is 0 Å². The molecule has 1 rings (SSSR count). The highest BCUT2D eigenvalue weighted by atomic mass is 14.1. The van der Waals surface area contributed by atoms with E-state index < -0.39 is 0 Å². The second kappa shape index (κ2) is 3.60. The van der Waals surface area contributed by atoms with Crippen LogP contribution in [0.1, 0.15) is 39.5 Å². The molecule has 0 aromatic rings. The largest absolute Gasteiger partial charge is 0.0881 e. The fraction of sp³-hybridized carbons (Fsp3) is 0.600. The summed E-state index contributed by atoms with van der Waals surface area (Å²) in [4.78, 5) is 0. The van der Waals surface area contributed by atoms with Crippen molar-refractivity contribution >= 4 is 0 Å². The Morgan fingerprint density at radius 1 is 1.00 bits per heavy atom. The van der Waals surface area contributed by atoms with Crippen LogP contribution in [0.5, 0.6) is 0 Å². The second-order valence-corrected chi connectivity index (χ2v) is 2.92. The molecule has 0 heteroatoms. The molecular weight excluding hydrogens is 120 g/mol. The summed E-state index contributed by atoms with van der Waals surface area (Å²) in [6, 6.07) is 0. The van der Waals surface area contributed by atoms with E-state index in [9.17, 15) is 0 Å². The van der Waals surface area contributed by atoms with Crippen LogP contribution in [0.4, 0.5) is 0 Å². The van der Waals surface area contributed by atoms with Crippen LogP contribution in [0, 0.1) is 0 Å². The van der Waals surface area contributed by atoms with Gasteiger partial charge in [0.05, 0.1) is 0 Å². The summed E-state index contributed by atoms with van der Waals surface area (Å²) in [6.45, 7) is 4.29. The third-order valence-electron chi connectivity index (χ3n) is 2.27. The minimum Gasteiger partial charge on any atom is -0.0881 e. The topological polar surface area (TPSA) is 0 Å². The Balaban J connectivity index is 2.56. The average Bonchev–Trinajstić information content (AvgIpc) is 2.05. The SMILES string of the molecule is CC=C1CCCC(=CC)C1. The molecule has 0 nitrogen and oxygen atoms in total. The molecule has 0 radical (unpaired) electrons. The summed E-state index contributed by atoms with van der Waals surface area (Å²) in [6.07, 6.45) is 9.79. The molecule has 1 saturated carbocycles. The molecule has 1 aliphatic rings. The van der Waals surface area contributed by atoms with E-state index in [1.54, 1.807) is 11.1 Å². The van der Waals surface area contributed by atoms with Gasteiger partial charge in [-0.1, -0.05) is 23.3 Å². The van der Waals surface area contributed by atoms with Gasteiger partial charge in [0.15, 0.2) is 0 Å². The Labute approximate surface area is 63.6 Å². The zero-order valence-corrected chi connectivity index (χ0v) is 6.98. The number of hydrogen-bond acceptors (Lipinski definition) is 0. The van der Waals surface area contributed by atoms with Crippen molar-refractivity contribution in [1.29, 1.82) is 0 Å². The first-order valence-corrected chi connectivity index (χ1v) is 4.15. The molecule has 56 valence electrons. The van der Waals surface area contributed by atoms with Crippen LogP contribution >= 0.6 is 0 Å². The van der Waals surface area contributed by atoms with Crippen molar-refractivity contribution in [2.24, 2.45) is 0 Å². The maximum Gasteiger partial charge on any atom is -0.0109 e. The molecular formula is C10H16. The highest BCUT2D eigenvalue weighted by Crippen LogP contribution is 2.27. The van der Waals surface area contributed by atoms with Gasteiger partial charge in [-0.2, -0.15) is 0 Å². The van der Waals surface area contributed by atoms with E-state index in [2.05, 4.69) is 26.0 Å². The predicted octanol–water partition coefficient (Wildman–Crippen LogP) is 3.45. The number of rotatable bonds is 0. The first-order chi connectivity index (χ1) is 4.86. The van der Waals surface area contributed by atoms with E-state index in [-0.39, 0.29) is 0 Å². The van der Waals surface area contributed by atoms with Gasteiger partial charge < -0.3 is 0 Å². The lowest BCUT2D eigenvalue weighted by molar-refractivity contribution is 0.709. The predicted molar refractivity (Wildman–Crippen MR) is 46.0 cm³/mol. The van der Waals surface area contributed by atoms with Gasteiger partial charge in [-0.3, -0.25) is 0 Å². The molecule has 1 fully saturated rings. The smallest absolute Gasteiger partial charge is 0.0109 e. The van der Waals surface area contributed by atoms with Gasteiger partial charge >= 0.3 is 0 Å². The first kappa shape index (κ1) is 7.59. The van der Waals surface area contributed by atoms with Crippen molar-refractivity contribution in [1.82, 2.24) is 0 Å². The third-order valence-corrected chi connectivity index (χ3v) is 2.27. The van der Waals surface area contributed by atoms with Crippen molar-refractivity contribution in [3.05, 3.63) is 23.3 Å². The number of allylic oxidation sites excluding steroid dienone is 4. The summed E-state index contributed by atoms with van der Waals surface area (Å²) >= 11 is 0. The minimum absolute atomic E-state index is 1.24. The Hall–Kier alpha value is -0.520. The molecule has 0 bridgehead atoms.